The fourth-order valence-corrected chi connectivity index (χ4v) is 4.89. The van der Waals surface area contributed by atoms with E-state index in [1.54, 1.807) is 0 Å². The molecule has 0 radical (unpaired) electrons. The van der Waals surface area contributed by atoms with Gasteiger partial charge in [-0.15, -0.1) is 0 Å². The summed E-state index contributed by atoms with van der Waals surface area (Å²) < 4.78 is 2.43. The monoisotopic (exact) mass is 382 g/mol. The van der Waals surface area contributed by atoms with Crippen LogP contribution in [0.4, 0.5) is 5.95 Å². The fraction of sp³-hybridized carbons (Fsp3) is 0.652. The molecular formula is C23H34N4O. The maximum Gasteiger partial charge on any atom is 0.223 e. The van der Waals surface area contributed by atoms with Crippen molar-refractivity contribution in [3.63, 3.8) is 0 Å². The van der Waals surface area contributed by atoms with Crippen LogP contribution in [-0.4, -0.2) is 28.5 Å². The van der Waals surface area contributed by atoms with Gasteiger partial charge in [0.1, 0.15) is 0 Å². The van der Waals surface area contributed by atoms with Crippen LogP contribution in [0.25, 0.3) is 11.0 Å². The zero-order valence-corrected chi connectivity index (χ0v) is 17.0. The number of hydrogen-bond acceptors (Lipinski definition) is 3. The van der Waals surface area contributed by atoms with Gasteiger partial charge in [0.05, 0.1) is 11.0 Å². The van der Waals surface area contributed by atoms with Crippen LogP contribution in [-0.2, 0) is 4.79 Å². The average Bonchev–Trinajstić information content (AvgIpc) is 3.13. The molecule has 4 rings (SSSR count). The molecule has 0 spiro atoms. The van der Waals surface area contributed by atoms with Crippen molar-refractivity contribution in [2.75, 3.05) is 18.4 Å². The first-order valence-corrected chi connectivity index (χ1v) is 11.3. The lowest BCUT2D eigenvalue weighted by Gasteiger charge is -2.25. The Kier molecular flexibility index (Phi) is 6.50. The van der Waals surface area contributed by atoms with Gasteiger partial charge in [-0.05, 0) is 44.2 Å². The summed E-state index contributed by atoms with van der Waals surface area (Å²) in [7, 11) is 0. The van der Waals surface area contributed by atoms with Gasteiger partial charge in [0.15, 0.2) is 0 Å². The lowest BCUT2D eigenvalue weighted by Crippen LogP contribution is -2.33. The van der Waals surface area contributed by atoms with Crippen molar-refractivity contribution < 1.29 is 4.79 Å². The Morgan fingerprint density at radius 2 is 1.68 bits per heavy atom. The van der Waals surface area contributed by atoms with Crippen molar-refractivity contribution in [1.29, 1.82) is 0 Å². The highest BCUT2D eigenvalue weighted by molar-refractivity contribution is 5.79. The van der Waals surface area contributed by atoms with Crippen molar-refractivity contribution in [3.05, 3.63) is 24.3 Å². The maximum atomic E-state index is 12.3. The molecule has 2 aliphatic carbocycles. The Bertz CT molecular complexity index is 772. The van der Waals surface area contributed by atoms with Crippen molar-refractivity contribution in [3.8, 4) is 0 Å². The smallest absolute Gasteiger partial charge is 0.223 e. The minimum atomic E-state index is 0.247. The highest BCUT2D eigenvalue weighted by Gasteiger charge is 2.22. The van der Waals surface area contributed by atoms with E-state index in [0.29, 0.717) is 6.04 Å². The number of nitrogens with one attached hydrogen (secondary N) is 2. The van der Waals surface area contributed by atoms with E-state index >= 15 is 0 Å². The number of fused-ring (bicyclic) bond motifs is 1. The van der Waals surface area contributed by atoms with Gasteiger partial charge >= 0.3 is 0 Å². The summed E-state index contributed by atoms with van der Waals surface area (Å²) in [6, 6.07) is 9.00. The number of aromatic nitrogens is 2. The fourth-order valence-electron chi connectivity index (χ4n) is 4.89. The molecule has 28 heavy (non-hydrogen) atoms. The Hall–Kier alpha value is -2.04. The normalized spacial score (nSPS) is 19.0. The van der Waals surface area contributed by atoms with Crippen LogP contribution < -0.4 is 10.6 Å². The molecule has 0 unspecified atom stereocenters. The number of para-hydroxylation sites is 2. The highest BCUT2D eigenvalue weighted by atomic mass is 16.1. The minimum absolute atomic E-state index is 0.247. The second-order valence-electron chi connectivity index (χ2n) is 8.49. The van der Waals surface area contributed by atoms with Crippen LogP contribution in [0, 0.1) is 5.92 Å². The van der Waals surface area contributed by atoms with Crippen LogP contribution in [0.3, 0.4) is 0 Å². The number of hydrogen-bond donors (Lipinski definition) is 2. The average molecular weight is 383 g/mol. The van der Waals surface area contributed by atoms with Gasteiger partial charge < -0.3 is 15.2 Å². The standard InChI is InChI=1S/C23H34N4O/c28-22(18-10-3-1-4-11-18)24-16-9-17-25-23-26-20-14-7-8-15-21(20)27(23)19-12-5-2-6-13-19/h7-8,14-15,18-19H,1-6,9-13,16-17H2,(H,24,28)(H,25,26). The molecule has 0 atom stereocenters. The van der Waals surface area contributed by atoms with Crippen molar-refractivity contribution in [1.82, 2.24) is 14.9 Å². The Balaban J connectivity index is 1.32. The second-order valence-corrected chi connectivity index (χ2v) is 8.49. The van der Waals surface area contributed by atoms with E-state index in [1.165, 1.54) is 56.9 Å². The van der Waals surface area contributed by atoms with E-state index in [1.807, 2.05) is 0 Å². The number of imidazole rings is 1. The molecule has 2 saturated carbocycles. The van der Waals surface area contributed by atoms with E-state index in [4.69, 9.17) is 4.98 Å². The summed E-state index contributed by atoms with van der Waals surface area (Å²) in [6.45, 7) is 1.58. The third-order valence-electron chi connectivity index (χ3n) is 6.45. The van der Waals surface area contributed by atoms with Crippen LogP contribution in [0.5, 0.6) is 0 Å². The summed E-state index contributed by atoms with van der Waals surface area (Å²) in [5.41, 5.74) is 2.31. The number of amides is 1. The van der Waals surface area contributed by atoms with Crippen molar-refractivity contribution >= 4 is 22.9 Å². The number of carbonyl (C=O) groups excluding carboxylic acids is 1. The molecule has 2 aliphatic rings. The largest absolute Gasteiger partial charge is 0.356 e. The van der Waals surface area contributed by atoms with Crippen LogP contribution in [0.1, 0.15) is 76.7 Å². The number of carbonyl (C=O) groups is 1. The van der Waals surface area contributed by atoms with E-state index in [2.05, 4.69) is 39.5 Å². The van der Waals surface area contributed by atoms with Gasteiger partial charge in [-0.1, -0.05) is 50.7 Å². The van der Waals surface area contributed by atoms with Gasteiger partial charge in [-0.3, -0.25) is 4.79 Å². The van der Waals surface area contributed by atoms with Gasteiger partial charge in [0.25, 0.3) is 0 Å². The molecule has 5 heteroatoms. The lowest BCUT2D eigenvalue weighted by atomic mass is 9.89. The molecule has 152 valence electrons. The summed E-state index contributed by atoms with van der Waals surface area (Å²) in [4.78, 5) is 17.1. The quantitative estimate of drug-likeness (QED) is 0.660. The zero-order valence-electron chi connectivity index (χ0n) is 17.0. The maximum absolute atomic E-state index is 12.3. The van der Waals surface area contributed by atoms with Crippen LogP contribution >= 0.6 is 0 Å². The molecule has 1 aromatic carbocycles. The molecule has 1 aromatic heterocycles. The topological polar surface area (TPSA) is 59.0 Å². The Morgan fingerprint density at radius 3 is 2.46 bits per heavy atom. The van der Waals surface area contributed by atoms with Crippen LogP contribution in [0.2, 0.25) is 0 Å². The molecule has 2 fully saturated rings. The Morgan fingerprint density at radius 1 is 0.964 bits per heavy atom. The van der Waals surface area contributed by atoms with Gasteiger partial charge in [0.2, 0.25) is 11.9 Å². The molecule has 0 bridgehead atoms. The molecule has 0 saturated heterocycles. The zero-order chi connectivity index (χ0) is 19.2. The molecule has 2 N–H and O–H groups in total. The SMILES string of the molecule is O=C(NCCCNc1nc2ccccc2n1C1CCCCC1)C1CCCCC1. The minimum Gasteiger partial charge on any atom is -0.356 e. The number of rotatable bonds is 7. The Labute approximate surface area is 168 Å². The van der Waals surface area contributed by atoms with Gasteiger partial charge in [-0.25, -0.2) is 4.98 Å². The first-order chi connectivity index (χ1) is 13.8. The first-order valence-electron chi connectivity index (χ1n) is 11.3. The van der Waals surface area contributed by atoms with E-state index in [9.17, 15) is 4.79 Å². The number of nitrogens with zero attached hydrogens (tertiary/aromatic N) is 2. The van der Waals surface area contributed by atoms with Gasteiger partial charge in [0, 0.05) is 25.0 Å². The summed E-state index contributed by atoms with van der Waals surface area (Å²) in [5, 5.41) is 6.69. The predicted molar refractivity (Wildman–Crippen MR) is 115 cm³/mol. The predicted octanol–water partition coefficient (Wildman–Crippen LogP) is 5.04. The summed E-state index contributed by atoms with van der Waals surface area (Å²) >= 11 is 0. The molecule has 1 amide bonds. The van der Waals surface area contributed by atoms with E-state index in [0.717, 1.165) is 43.8 Å². The third kappa shape index (κ3) is 4.50. The molecule has 5 nitrogen and oxygen atoms in total. The summed E-state index contributed by atoms with van der Waals surface area (Å²) in [6.07, 6.45) is 13.2. The molecule has 2 aromatic rings. The highest BCUT2D eigenvalue weighted by Crippen LogP contribution is 2.34. The number of benzene rings is 1. The molecular weight excluding hydrogens is 348 g/mol. The number of anilines is 1. The second kappa shape index (κ2) is 9.44. The molecule has 1 heterocycles. The lowest BCUT2D eigenvalue weighted by molar-refractivity contribution is -0.125. The van der Waals surface area contributed by atoms with Crippen LogP contribution in [0.15, 0.2) is 24.3 Å². The van der Waals surface area contributed by atoms with Crippen molar-refractivity contribution in [2.45, 2.75) is 76.7 Å². The van der Waals surface area contributed by atoms with Crippen molar-refractivity contribution in [2.24, 2.45) is 5.92 Å². The molecule has 0 aliphatic heterocycles. The first kappa shape index (κ1) is 19.3. The third-order valence-corrected chi connectivity index (χ3v) is 6.45. The van der Waals surface area contributed by atoms with E-state index < -0.39 is 0 Å². The summed E-state index contributed by atoms with van der Waals surface area (Å²) in [5.74, 6) is 1.50. The van der Waals surface area contributed by atoms with E-state index in [-0.39, 0.29) is 11.8 Å². The van der Waals surface area contributed by atoms with Gasteiger partial charge in [-0.2, -0.15) is 0 Å².